The van der Waals surface area contributed by atoms with Gasteiger partial charge in [0.1, 0.15) is 0 Å². The van der Waals surface area contributed by atoms with Crippen LogP contribution in [-0.2, 0) is 4.74 Å². The minimum absolute atomic E-state index is 0.224. The molecule has 1 heterocycles. The lowest BCUT2D eigenvalue weighted by Crippen LogP contribution is -2.51. The second kappa shape index (κ2) is 5.61. The first-order chi connectivity index (χ1) is 9.04. The Morgan fingerprint density at radius 1 is 1.26 bits per heavy atom. The van der Waals surface area contributed by atoms with Gasteiger partial charge in [0.05, 0.1) is 18.4 Å². The molecule has 0 aromatic heterocycles. The molecular formula is C15H22N2O2. The molecule has 2 rings (SSSR count). The first-order valence-corrected chi connectivity index (χ1v) is 6.72. The number of hydrogen-bond acceptors (Lipinski definition) is 4. The SMILES string of the molecule is COC(=O)c1ccccc1N1CC(C)C(N)C(C)C1. The molecule has 1 aliphatic heterocycles. The van der Waals surface area contributed by atoms with Crippen LogP contribution in [0.25, 0.3) is 0 Å². The topological polar surface area (TPSA) is 55.6 Å². The van der Waals surface area contributed by atoms with Gasteiger partial charge in [-0.3, -0.25) is 0 Å². The number of benzene rings is 1. The van der Waals surface area contributed by atoms with Gasteiger partial charge in [0.2, 0.25) is 0 Å². The molecule has 2 N–H and O–H groups in total. The molecular weight excluding hydrogens is 240 g/mol. The summed E-state index contributed by atoms with van der Waals surface area (Å²) in [6.07, 6.45) is 0. The monoisotopic (exact) mass is 262 g/mol. The van der Waals surface area contributed by atoms with Crippen molar-refractivity contribution in [3.63, 3.8) is 0 Å². The number of para-hydroxylation sites is 1. The normalized spacial score (nSPS) is 27.2. The number of piperidine rings is 1. The number of esters is 1. The maximum atomic E-state index is 11.8. The van der Waals surface area contributed by atoms with Crippen molar-refractivity contribution in [3.8, 4) is 0 Å². The van der Waals surface area contributed by atoms with Crippen LogP contribution in [0.5, 0.6) is 0 Å². The summed E-state index contributed by atoms with van der Waals surface area (Å²) in [5, 5.41) is 0. The molecule has 2 atom stereocenters. The Bertz CT molecular complexity index is 449. The molecule has 0 radical (unpaired) electrons. The van der Waals surface area contributed by atoms with E-state index in [9.17, 15) is 4.79 Å². The molecule has 1 saturated heterocycles. The zero-order chi connectivity index (χ0) is 14.0. The van der Waals surface area contributed by atoms with Crippen LogP contribution >= 0.6 is 0 Å². The lowest BCUT2D eigenvalue weighted by molar-refractivity contribution is 0.0601. The number of nitrogens with two attached hydrogens (primary N) is 1. The first kappa shape index (κ1) is 13.9. The van der Waals surface area contributed by atoms with Gasteiger partial charge in [0.15, 0.2) is 0 Å². The Labute approximate surface area is 114 Å². The highest BCUT2D eigenvalue weighted by molar-refractivity contribution is 5.95. The van der Waals surface area contributed by atoms with E-state index in [1.165, 1.54) is 7.11 Å². The largest absolute Gasteiger partial charge is 0.465 e. The van der Waals surface area contributed by atoms with Crippen LogP contribution in [0.2, 0.25) is 0 Å². The second-order valence-electron chi connectivity index (χ2n) is 5.45. The fraction of sp³-hybridized carbons (Fsp3) is 0.533. The predicted octanol–water partition coefficient (Wildman–Crippen LogP) is 1.89. The molecule has 4 heteroatoms. The lowest BCUT2D eigenvalue weighted by atomic mass is 9.86. The van der Waals surface area contributed by atoms with Gasteiger partial charge in [-0.25, -0.2) is 4.79 Å². The quantitative estimate of drug-likeness (QED) is 0.827. The molecule has 0 aliphatic carbocycles. The van der Waals surface area contributed by atoms with Gasteiger partial charge in [-0.1, -0.05) is 26.0 Å². The van der Waals surface area contributed by atoms with E-state index in [-0.39, 0.29) is 12.0 Å². The molecule has 0 bridgehead atoms. The predicted molar refractivity (Wildman–Crippen MR) is 76.3 cm³/mol. The number of methoxy groups -OCH3 is 1. The van der Waals surface area contributed by atoms with Crippen molar-refractivity contribution in [1.29, 1.82) is 0 Å². The van der Waals surface area contributed by atoms with Crippen LogP contribution in [-0.4, -0.2) is 32.2 Å². The van der Waals surface area contributed by atoms with Gasteiger partial charge in [0.25, 0.3) is 0 Å². The molecule has 1 aliphatic rings. The van der Waals surface area contributed by atoms with Crippen molar-refractivity contribution in [1.82, 2.24) is 0 Å². The van der Waals surface area contributed by atoms with E-state index in [4.69, 9.17) is 10.5 Å². The van der Waals surface area contributed by atoms with E-state index < -0.39 is 0 Å². The Morgan fingerprint density at radius 3 is 2.42 bits per heavy atom. The molecule has 0 saturated carbocycles. The van der Waals surface area contributed by atoms with Crippen LogP contribution < -0.4 is 10.6 Å². The smallest absolute Gasteiger partial charge is 0.339 e. The third kappa shape index (κ3) is 2.73. The summed E-state index contributed by atoms with van der Waals surface area (Å²) in [6, 6.07) is 7.82. The van der Waals surface area contributed by atoms with E-state index in [0.717, 1.165) is 18.8 Å². The van der Waals surface area contributed by atoms with Gasteiger partial charge in [-0.05, 0) is 24.0 Å². The maximum Gasteiger partial charge on any atom is 0.339 e. The van der Waals surface area contributed by atoms with E-state index >= 15 is 0 Å². The highest BCUT2D eigenvalue weighted by Crippen LogP contribution is 2.28. The number of carbonyl (C=O) groups is 1. The zero-order valence-corrected chi connectivity index (χ0v) is 11.8. The standard InChI is InChI=1S/C15H22N2O2/c1-10-8-17(9-11(2)14(10)16)13-7-5-4-6-12(13)15(18)19-3/h4-7,10-11,14H,8-9,16H2,1-3H3. The van der Waals surface area contributed by atoms with Crippen LogP contribution in [0, 0.1) is 11.8 Å². The Balaban J connectivity index is 2.29. The van der Waals surface area contributed by atoms with Crippen LogP contribution in [0.15, 0.2) is 24.3 Å². The van der Waals surface area contributed by atoms with E-state index in [1.54, 1.807) is 0 Å². The Morgan fingerprint density at radius 2 is 1.84 bits per heavy atom. The molecule has 1 aromatic carbocycles. The third-order valence-corrected chi connectivity index (χ3v) is 3.98. The van der Waals surface area contributed by atoms with Crippen molar-refractivity contribution in [2.75, 3.05) is 25.1 Å². The fourth-order valence-corrected chi connectivity index (χ4v) is 2.80. The molecule has 0 spiro atoms. The number of nitrogens with zero attached hydrogens (tertiary/aromatic N) is 1. The molecule has 4 nitrogen and oxygen atoms in total. The number of carbonyl (C=O) groups excluding carboxylic acids is 1. The van der Waals surface area contributed by atoms with Crippen molar-refractivity contribution in [3.05, 3.63) is 29.8 Å². The average Bonchev–Trinajstić information content (AvgIpc) is 2.43. The third-order valence-electron chi connectivity index (χ3n) is 3.98. The number of ether oxygens (including phenoxy) is 1. The molecule has 2 unspecified atom stereocenters. The van der Waals surface area contributed by atoms with Crippen molar-refractivity contribution in [2.45, 2.75) is 19.9 Å². The van der Waals surface area contributed by atoms with E-state index in [1.807, 2.05) is 24.3 Å². The van der Waals surface area contributed by atoms with Crippen LogP contribution in [0.3, 0.4) is 0 Å². The first-order valence-electron chi connectivity index (χ1n) is 6.72. The van der Waals surface area contributed by atoms with Crippen LogP contribution in [0.1, 0.15) is 24.2 Å². The number of rotatable bonds is 2. The van der Waals surface area contributed by atoms with E-state index in [2.05, 4.69) is 18.7 Å². The minimum Gasteiger partial charge on any atom is -0.465 e. The molecule has 104 valence electrons. The molecule has 0 amide bonds. The summed E-state index contributed by atoms with van der Waals surface area (Å²) in [7, 11) is 1.41. The summed E-state index contributed by atoms with van der Waals surface area (Å²) >= 11 is 0. The fourth-order valence-electron chi connectivity index (χ4n) is 2.80. The minimum atomic E-state index is -0.286. The van der Waals surface area contributed by atoms with Crippen molar-refractivity contribution < 1.29 is 9.53 Å². The molecule has 1 aromatic rings. The highest BCUT2D eigenvalue weighted by atomic mass is 16.5. The average molecular weight is 262 g/mol. The zero-order valence-electron chi connectivity index (χ0n) is 11.8. The van der Waals surface area contributed by atoms with Gasteiger partial charge < -0.3 is 15.4 Å². The van der Waals surface area contributed by atoms with Crippen LogP contribution in [0.4, 0.5) is 5.69 Å². The maximum absolute atomic E-state index is 11.8. The van der Waals surface area contributed by atoms with E-state index in [0.29, 0.717) is 17.4 Å². The Hall–Kier alpha value is -1.55. The Kier molecular flexibility index (Phi) is 4.10. The molecule has 1 fully saturated rings. The van der Waals surface area contributed by atoms with Gasteiger partial charge in [0, 0.05) is 19.1 Å². The summed E-state index contributed by atoms with van der Waals surface area (Å²) in [4.78, 5) is 14.1. The summed E-state index contributed by atoms with van der Waals surface area (Å²) < 4.78 is 4.85. The molecule has 19 heavy (non-hydrogen) atoms. The summed E-state index contributed by atoms with van der Waals surface area (Å²) in [5.74, 6) is 0.537. The van der Waals surface area contributed by atoms with Gasteiger partial charge >= 0.3 is 5.97 Å². The summed E-state index contributed by atoms with van der Waals surface area (Å²) in [6.45, 7) is 6.07. The van der Waals surface area contributed by atoms with Crippen molar-refractivity contribution >= 4 is 11.7 Å². The second-order valence-corrected chi connectivity index (χ2v) is 5.45. The highest BCUT2D eigenvalue weighted by Gasteiger charge is 2.30. The van der Waals surface area contributed by atoms with Gasteiger partial charge in [-0.15, -0.1) is 0 Å². The number of anilines is 1. The lowest BCUT2D eigenvalue weighted by Gasteiger charge is -2.41. The van der Waals surface area contributed by atoms with Crippen molar-refractivity contribution in [2.24, 2.45) is 17.6 Å². The summed E-state index contributed by atoms with van der Waals surface area (Å²) in [5.41, 5.74) is 7.74. The van der Waals surface area contributed by atoms with Gasteiger partial charge in [-0.2, -0.15) is 0 Å². The number of hydrogen-bond donors (Lipinski definition) is 1.